The molecule has 0 bridgehead atoms. The number of sulfone groups is 1. The van der Waals surface area contributed by atoms with Gasteiger partial charge in [-0.25, -0.2) is 8.42 Å². The van der Waals surface area contributed by atoms with Gasteiger partial charge in [-0.2, -0.15) is 0 Å². The van der Waals surface area contributed by atoms with E-state index in [9.17, 15) is 8.42 Å². The first kappa shape index (κ1) is 13.9. The molecule has 0 amide bonds. The maximum Gasteiger partial charge on any atom is 0.157 e. The second-order valence-corrected chi connectivity index (χ2v) is 7.99. The Bertz CT molecular complexity index is 537. The minimum atomic E-state index is -3.10. The zero-order chi connectivity index (χ0) is 14.0. The van der Waals surface area contributed by atoms with Gasteiger partial charge in [0.25, 0.3) is 0 Å². The summed E-state index contributed by atoms with van der Waals surface area (Å²) in [6, 6.07) is 8.07. The first-order chi connectivity index (χ1) is 9.65. The topological polar surface area (TPSA) is 55.4 Å². The zero-order valence-electron chi connectivity index (χ0n) is 11.5. The number of hydrogen-bond donors (Lipinski definition) is 1. The molecule has 0 spiro atoms. The van der Waals surface area contributed by atoms with Crippen molar-refractivity contribution in [1.29, 1.82) is 0 Å². The quantitative estimate of drug-likeness (QED) is 0.927. The van der Waals surface area contributed by atoms with Crippen LogP contribution in [0.1, 0.15) is 24.8 Å². The van der Waals surface area contributed by atoms with E-state index in [1.54, 1.807) is 0 Å². The first-order valence-corrected chi connectivity index (χ1v) is 9.01. The zero-order valence-corrected chi connectivity index (χ0v) is 12.4. The fourth-order valence-corrected chi connectivity index (χ4v) is 4.90. The molecule has 2 aliphatic heterocycles. The predicted octanol–water partition coefficient (Wildman–Crippen LogP) is 2.01. The summed E-state index contributed by atoms with van der Waals surface area (Å²) in [5, 5.41) is 2.98. The fraction of sp³-hybridized carbons (Fsp3) is 0.600. The van der Waals surface area contributed by atoms with Crippen LogP contribution < -0.4 is 5.32 Å². The van der Waals surface area contributed by atoms with Gasteiger partial charge in [0.15, 0.2) is 9.84 Å². The van der Waals surface area contributed by atoms with E-state index in [0.29, 0.717) is 19.6 Å². The van der Waals surface area contributed by atoms with Crippen LogP contribution >= 0.6 is 0 Å². The molecule has 0 saturated carbocycles. The van der Waals surface area contributed by atoms with Gasteiger partial charge in [0.2, 0.25) is 0 Å². The first-order valence-electron chi connectivity index (χ1n) is 7.30. The molecule has 1 fully saturated rings. The number of nitrogens with one attached hydrogen (secondary N) is 1. The molecule has 1 saturated heterocycles. The van der Waals surface area contributed by atoms with Crippen molar-refractivity contribution < 1.29 is 13.2 Å². The summed E-state index contributed by atoms with van der Waals surface area (Å²) in [6.07, 6.45) is 3.27. The largest absolute Gasteiger partial charge is 0.384 e. The minimum absolute atomic E-state index is 0.0920. The molecule has 4 nitrogen and oxygen atoms in total. The lowest BCUT2D eigenvalue weighted by atomic mass is 10.1. The Balaban J connectivity index is 1.69. The summed E-state index contributed by atoms with van der Waals surface area (Å²) in [5.74, 6) is 0.176. The molecule has 20 heavy (non-hydrogen) atoms. The number of para-hydroxylation sites is 1. The molecule has 5 heteroatoms. The Hall–Kier alpha value is -1.07. The standard InChI is InChI=1S/C15H21NO3S/c17-20(18,11-13-5-3-9-19-13)14-8-7-12-4-1-2-6-15(12)16-10-14/h1-2,4,6,13-14,16H,3,5,7-11H2. The Morgan fingerprint density at radius 1 is 1.25 bits per heavy atom. The van der Waals surface area contributed by atoms with Crippen LogP contribution in [0.2, 0.25) is 0 Å². The van der Waals surface area contributed by atoms with E-state index >= 15 is 0 Å². The number of benzene rings is 1. The summed E-state index contributed by atoms with van der Waals surface area (Å²) in [4.78, 5) is 0. The van der Waals surface area contributed by atoms with Gasteiger partial charge in [0.05, 0.1) is 17.1 Å². The van der Waals surface area contributed by atoms with E-state index in [1.165, 1.54) is 5.56 Å². The third kappa shape index (κ3) is 2.99. The van der Waals surface area contributed by atoms with Gasteiger partial charge in [0.1, 0.15) is 0 Å². The molecule has 0 radical (unpaired) electrons. The van der Waals surface area contributed by atoms with Gasteiger partial charge < -0.3 is 10.1 Å². The molecule has 110 valence electrons. The van der Waals surface area contributed by atoms with Gasteiger partial charge in [-0.3, -0.25) is 0 Å². The third-order valence-electron chi connectivity index (χ3n) is 4.22. The molecule has 3 rings (SSSR count). The van der Waals surface area contributed by atoms with E-state index in [0.717, 1.165) is 24.9 Å². The van der Waals surface area contributed by atoms with E-state index in [4.69, 9.17) is 4.74 Å². The summed E-state index contributed by atoms with van der Waals surface area (Å²) in [6.45, 7) is 1.21. The Kier molecular flexibility index (Phi) is 3.98. The minimum Gasteiger partial charge on any atom is -0.384 e. The summed E-state index contributed by atoms with van der Waals surface area (Å²) < 4.78 is 30.5. The second kappa shape index (κ2) is 5.74. The number of ether oxygens (including phenoxy) is 1. The van der Waals surface area contributed by atoms with Crippen molar-refractivity contribution in [2.75, 3.05) is 24.2 Å². The normalized spacial score (nSPS) is 26.6. The lowest BCUT2D eigenvalue weighted by molar-refractivity contribution is 0.127. The monoisotopic (exact) mass is 295 g/mol. The van der Waals surface area contributed by atoms with Crippen molar-refractivity contribution in [3.8, 4) is 0 Å². The van der Waals surface area contributed by atoms with Crippen molar-refractivity contribution in [3.63, 3.8) is 0 Å². The lowest BCUT2D eigenvalue weighted by Crippen LogP contribution is -2.34. The van der Waals surface area contributed by atoms with Gasteiger partial charge in [-0.15, -0.1) is 0 Å². The van der Waals surface area contributed by atoms with Crippen LogP contribution in [-0.4, -0.2) is 38.7 Å². The second-order valence-electron chi connectivity index (χ2n) is 5.66. The maximum absolute atomic E-state index is 12.5. The van der Waals surface area contributed by atoms with Crippen LogP contribution in [0.4, 0.5) is 5.69 Å². The SMILES string of the molecule is O=S(=O)(CC1CCCO1)C1CCc2ccccc2NC1. The molecule has 2 unspecified atom stereocenters. The molecule has 2 aliphatic rings. The Morgan fingerprint density at radius 3 is 2.90 bits per heavy atom. The number of aryl methyl sites for hydroxylation is 1. The van der Waals surface area contributed by atoms with E-state index in [2.05, 4.69) is 11.4 Å². The molecule has 1 N–H and O–H groups in total. The van der Waals surface area contributed by atoms with Crippen LogP contribution in [-0.2, 0) is 21.0 Å². The van der Waals surface area contributed by atoms with E-state index < -0.39 is 9.84 Å². The van der Waals surface area contributed by atoms with Gasteiger partial charge in [0, 0.05) is 18.8 Å². The van der Waals surface area contributed by atoms with Crippen LogP contribution in [0.5, 0.6) is 0 Å². The highest BCUT2D eigenvalue weighted by Gasteiger charge is 2.31. The third-order valence-corrected chi connectivity index (χ3v) is 6.48. The van der Waals surface area contributed by atoms with Gasteiger partial charge in [-0.05, 0) is 37.3 Å². The number of anilines is 1. The number of rotatable bonds is 3. The van der Waals surface area contributed by atoms with Crippen molar-refractivity contribution in [3.05, 3.63) is 29.8 Å². The number of hydrogen-bond acceptors (Lipinski definition) is 4. The molecule has 0 aliphatic carbocycles. The van der Waals surface area contributed by atoms with E-state index in [-0.39, 0.29) is 17.1 Å². The average molecular weight is 295 g/mol. The van der Waals surface area contributed by atoms with Gasteiger partial charge >= 0.3 is 0 Å². The highest BCUT2D eigenvalue weighted by atomic mass is 32.2. The highest BCUT2D eigenvalue weighted by molar-refractivity contribution is 7.92. The van der Waals surface area contributed by atoms with Crippen molar-refractivity contribution in [2.45, 2.75) is 37.0 Å². The van der Waals surface area contributed by atoms with Crippen LogP contribution in [0.3, 0.4) is 0 Å². The van der Waals surface area contributed by atoms with Gasteiger partial charge in [-0.1, -0.05) is 18.2 Å². The van der Waals surface area contributed by atoms with Crippen molar-refractivity contribution in [1.82, 2.24) is 0 Å². The molecule has 2 heterocycles. The predicted molar refractivity (Wildman–Crippen MR) is 79.8 cm³/mol. The molecule has 1 aromatic carbocycles. The van der Waals surface area contributed by atoms with Crippen molar-refractivity contribution in [2.24, 2.45) is 0 Å². The molecule has 1 aromatic rings. The molecular weight excluding hydrogens is 274 g/mol. The fourth-order valence-electron chi connectivity index (χ4n) is 3.03. The van der Waals surface area contributed by atoms with Crippen LogP contribution in [0.25, 0.3) is 0 Å². The van der Waals surface area contributed by atoms with Crippen LogP contribution in [0.15, 0.2) is 24.3 Å². The summed E-state index contributed by atoms with van der Waals surface area (Å²) >= 11 is 0. The summed E-state index contributed by atoms with van der Waals surface area (Å²) in [7, 11) is -3.10. The Morgan fingerprint density at radius 2 is 2.10 bits per heavy atom. The Labute approximate surface area is 120 Å². The number of fused-ring (bicyclic) bond motifs is 1. The molecule has 2 atom stereocenters. The van der Waals surface area contributed by atoms with Crippen molar-refractivity contribution >= 4 is 15.5 Å². The maximum atomic E-state index is 12.5. The average Bonchev–Trinajstić information content (AvgIpc) is 2.81. The molecular formula is C15H21NO3S. The lowest BCUT2D eigenvalue weighted by Gasteiger charge is -2.18. The summed E-state index contributed by atoms with van der Waals surface area (Å²) in [5.41, 5.74) is 2.28. The highest BCUT2D eigenvalue weighted by Crippen LogP contribution is 2.25. The molecule has 0 aromatic heterocycles. The smallest absolute Gasteiger partial charge is 0.157 e. The van der Waals surface area contributed by atoms with E-state index in [1.807, 2.05) is 18.2 Å². The van der Waals surface area contributed by atoms with Crippen LogP contribution in [0, 0.1) is 0 Å².